The summed E-state index contributed by atoms with van der Waals surface area (Å²) in [4.78, 5) is 3.18. The standard InChI is InChI=1S/C23H15ClF6N8O2S/c24-14-2-4-17(37-10-32-34-35-37)18(19(14)25)12-1-3-16(38(39)9-12)15(5-6-40-22(26)27)36-8-13(7-33-36)20-21(23(28,29)30)31-11-41-20/h1-4,7-11,15,22H,5-6H2. The number of halogens is 7. The van der Waals surface area contributed by atoms with Crippen LogP contribution in [0.3, 0.4) is 0 Å². The van der Waals surface area contributed by atoms with E-state index in [0.717, 1.165) is 29.2 Å². The molecule has 10 nitrogen and oxygen atoms in total. The first-order valence-electron chi connectivity index (χ1n) is 11.4. The Morgan fingerprint density at radius 3 is 2.63 bits per heavy atom. The molecule has 0 N–H and O–H groups in total. The van der Waals surface area contributed by atoms with E-state index in [4.69, 9.17) is 11.6 Å². The van der Waals surface area contributed by atoms with Gasteiger partial charge in [-0.05, 0) is 28.6 Å². The quantitative estimate of drug-likeness (QED) is 0.125. The normalized spacial score (nSPS) is 12.8. The Labute approximate surface area is 235 Å². The monoisotopic (exact) mass is 616 g/mol. The lowest BCUT2D eigenvalue weighted by molar-refractivity contribution is -0.615. The van der Waals surface area contributed by atoms with Crippen molar-refractivity contribution in [3.8, 4) is 27.3 Å². The third-order valence-corrected chi connectivity index (χ3v) is 7.06. The number of pyridine rings is 1. The zero-order valence-corrected chi connectivity index (χ0v) is 21.8. The molecule has 214 valence electrons. The molecule has 1 unspecified atom stereocenters. The highest BCUT2D eigenvalue weighted by atomic mass is 35.5. The van der Waals surface area contributed by atoms with E-state index in [9.17, 15) is 27.2 Å². The summed E-state index contributed by atoms with van der Waals surface area (Å²) in [5, 5.41) is 27.9. The van der Waals surface area contributed by atoms with Crippen molar-refractivity contribution in [1.29, 1.82) is 0 Å². The zero-order chi connectivity index (χ0) is 29.3. The second-order valence-corrected chi connectivity index (χ2v) is 9.61. The summed E-state index contributed by atoms with van der Waals surface area (Å²) in [6, 6.07) is 4.39. The first-order valence-corrected chi connectivity index (χ1v) is 12.7. The molecular formula is C23H15ClF6N8O2S. The Morgan fingerprint density at radius 1 is 1.15 bits per heavy atom. The van der Waals surface area contributed by atoms with Gasteiger partial charge in [-0.25, -0.2) is 9.37 Å². The second kappa shape index (κ2) is 11.4. The van der Waals surface area contributed by atoms with E-state index < -0.39 is 36.9 Å². The minimum Gasteiger partial charge on any atom is -0.618 e. The van der Waals surface area contributed by atoms with E-state index in [1.165, 1.54) is 46.2 Å². The number of tetrazole rings is 1. The van der Waals surface area contributed by atoms with Crippen LogP contribution in [0.15, 0.2) is 54.7 Å². The van der Waals surface area contributed by atoms with E-state index in [1.54, 1.807) is 0 Å². The predicted octanol–water partition coefficient (Wildman–Crippen LogP) is 5.31. The molecule has 4 aromatic heterocycles. The molecule has 0 amide bonds. The molecule has 0 fully saturated rings. The number of alkyl halides is 5. The van der Waals surface area contributed by atoms with E-state index in [0.29, 0.717) is 4.73 Å². The van der Waals surface area contributed by atoms with Crippen LogP contribution < -0.4 is 4.73 Å². The van der Waals surface area contributed by atoms with Crippen molar-refractivity contribution >= 4 is 22.9 Å². The molecule has 4 heterocycles. The molecule has 5 aromatic rings. The summed E-state index contributed by atoms with van der Waals surface area (Å²) in [5.74, 6) is -0.851. The summed E-state index contributed by atoms with van der Waals surface area (Å²) in [6.07, 6.45) is -0.277. The summed E-state index contributed by atoms with van der Waals surface area (Å²) in [6.45, 7) is -3.60. The maximum Gasteiger partial charge on any atom is 0.434 e. The van der Waals surface area contributed by atoms with Crippen LogP contribution in [-0.2, 0) is 10.9 Å². The van der Waals surface area contributed by atoms with Gasteiger partial charge in [-0.15, -0.1) is 16.4 Å². The van der Waals surface area contributed by atoms with E-state index in [1.807, 2.05) is 0 Å². The Balaban J connectivity index is 1.55. The molecular weight excluding hydrogens is 602 g/mol. The van der Waals surface area contributed by atoms with Crippen LogP contribution in [0.4, 0.5) is 26.3 Å². The smallest absolute Gasteiger partial charge is 0.434 e. The molecule has 0 aliphatic rings. The highest BCUT2D eigenvalue weighted by Gasteiger charge is 2.37. The number of ether oxygens (including phenoxy) is 1. The van der Waals surface area contributed by atoms with E-state index >= 15 is 4.39 Å². The number of benzene rings is 1. The molecule has 0 aliphatic heterocycles. The van der Waals surface area contributed by atoms with Gasteiger partial charge < -0.3 is 9.94 Å². The van der Waals surface area contributed by atoms with Gasteiger partial charge in [0.25, 0.3) is 0 Å². The number of hydrogen-bond acceptors (Lipinski definition) is 8. The van der Waals surface area contributed by atoms with Crippen molar-refractivity contribution in [3.05, 3.63) is 82.1 Å². The number of nitrogens with zero attached hydrogens (tertiary/aromatic N) is 8. The van der Waals surface area contributed by atoms with Crippen LogP contribution in [0.1, 0.15) is 23.9 Å². The maximum atomic E-state index is 15.2. The first-order chi connectivity index (χ1) is 19.5. The number of thiazole rings is 1. The van der Waals surface area contributed by atoms with Crippen LogP contribution in [0.25, 0.3) is 27.3 Å². The number of hydrogen-bond donors (Lipinski definition) is 0. The fourth-order valence-corrected chi connectivity index (χ4v) is 5.08. The molecule has 1 aromatic carbocycles. The van der Waals surface area contributed by atoms with Crippen LogP contribution in [0, 0.1) is 11.0 Å². The molecule has 0 saturated heterocycles. The van der Waals surface area contributed by atoms with E-state index in [2.05, 4.69) is 30.3 Å². The number of aromatic nitrogens is 8. The molecule has 41 heavy (non-hydrogen) atoms. The second-order valence-electron chi connectivity index (χ2n) is 8.35. The molecule has 1 atom stereocenters. The summed E-state index contributed by atoms with van der Waals surface area (Å²) in [7, 11) is 0. The van der Waals surface area contributed by atoms with Crippen LogP contribution in [0.5, 0.6) is 0 Å². The highest BCUT2D eigenvalue weighted by molar-refractivity contribution is 7.13. The molecule has 0 spiro atoms. The SMILES string of the molecule is [O-][n+]1cc(-c2c(-n3cnnn3)ccc(Cl)c2F)ccc1C(CCOC(F)F)n1cc(-c2scnc2C(F)(F)F)cn1. The lowest BCUT2D eigenvalue weighted by atomic mass is 10.0. The Morgan fingerprint density at radius 2 is 1.95 bits per heavy atom. The fourth-order valence-electron chi connectivity index (χ4n) is 4.14. The van der Waals surface area contributed by atoms with Gasteiger partial charge in [0.05, 0.1) is 45.0 Å². The Kier molecular flexibility index (Phi) is 7.92. The van der Waals surface area contributed by atoms with Crippen LogP contribution in [-0.4, -0.2) is 48.2 Å². The Bertz CT molecular complexity index is 1660. The van der Waals surface area contributed by atoms with Crippen molar-refractivity contribution in [3.63, 3.8) is 0 Å². The molecule has 18 heteroatoms. The van der Waals surface area contributed by atoms with Gasteiger partial charge in [0.1, 0.15) is 12.4 Å². The molecule has 0 bridgehead atoms. The first kappa shape index (κ1) is 28.4. The molecule has 5 rings (SSSR count). The van der Waals surface area contributed by atoms with Crippen LogP contribution >= 0.6 is 22.9 Å². The number of rotatable bonds is 9. The predicted molar refractivity (Wildman–Crippen MR) is 132 cm³/mol. The molecule has 0 saturated carbocycles. The van der Waals surface area contributed by atoms with Crippen molar-refractivity contribution in [2.45, 2.75) is 25.3 Å². The molecule has 0 aliphatic carbocycles. The average Bonchev–Trinajstić information content (AvgIpc) is 3.70. The van der Waals surface area contributed by atoms with E-state index in [-0.39, 0.29) is 44.4 Å². The van der Waals surface area contributed by atoms with Crippen molar-refractivity contribution < 1.29 is 35.8 Å². The lowest BCUT2D eigenvalue weighted by Gasteiger charge is -2.18. The third-order valence-electron chi connectivity index (χ3n) is 5.90. The third kappa shape index (κ3) is 5.86. The van der Waals surface area contributed by atoms with Crippen LogP contribution in [0.2, 0.25) is 5.02 Å². The fraction of sp³-hybridized carbons (Fsp3) is 0.217. The topological polar surface area (TPSA) is 110 Å². The van der Waals surface area contributed by atoms with Gasteiger partial charge >= 0.3 is 12.8 Å². The minimum absolute atomic E-state index is 0.0342. The largest absolute Gasteiger partial charge is 0.618 e. The van der Waals surface area contributed by atoms with Gasteiger partial charge in [-0.3, -0.25) is 4.68 Å². The summed E-state index contributed by atoms with van der Waals surface area (Å²) < 4.78 is 87.8. The Hall–Kier alpha value is -4.09. The van der Waals surface area contributed by atoms with Crippen molar-refractivity contribution in [2.24, 2.45) is 0 Å². The highest BCUT2D eigenvalue weighted by Crippen LogP contribution is 2.39. The van der Waals surface area contributed by atoms with Crippen molar-refractivity contribution in [2.75, 3.05) is 6.61 Å². The van der Waals surface area contributed by atoms with Gasteiger partial charge in [-0.2, -0.15) is 36.5 Å². The average molecular weight is 617 g/mol. The van der Waals surface area contributed by atoms with Gasteiger partial charge in [0.2, 0.25) is 5.69 Å². The summed E-state index contributed by atoms with van der Waals surface area (Å²) in [5.41, 5.74) is 0.112. The van der Waals surface area contributed by atoms with Gasteiger partial charge in [-0.1, -0.05) is 11.6 Å². The van der Waals surface area contributed by atoms with Gasteiger partial charge in [0.15, 0.2) is 17.7 Å². The maximum absolute atomic E-state index is 15.2. The van der Waals surface area contributed by atoms with Gasteiger partial charge in [0, 0.05) is 24.2 Å². The lowest BCUT2D eigenvalue weighted by Crippen LogP contribution is -2.36. The minimum atomic E-state index is -4.72. The molecule has 0 radical (unpaired) electrons. The zero-order valence-electron chi connectivity index (χ0n) is 20.2. The summed E-state index contributed by atoms with van der Waals surface area (Å²) >= 11 is 6.72. The van der Waals surface area contributed by atoms with Crippen molar-refractivity contribution in [1.82, 2.24) is 35.0 Å².